The Morgan fingerprint density at radius 1 is 0.919 bits per heavy atom. The first-order chi connectivity index (χ1) is 18.1. The lowest BCUT2D eigenvalue weighted by Gasteiger charge is -2.30. The number of rotatable bonds is 5. The average Bonchev–Trinajstić information content (AvgIpc) is 3.25. The van der Waals surface area contributed by atoms with Gasteiger partial charge in [-0.25, -0.2) is 4.99 Å². The highest BCUT2D eigenvalue weighted by atomic mass is 32.1. The van der Waals surface area contributed by atoms with Crippen LogP contribution in [0.2, 0.25) is 0 Å². The number of methoxy groups -OCH3 is 3. The number of aryl methyl sites for hydroxylation is 1. The van der Waals surface area contributed by atoms with Crippen LogP contribution in [0.1, 0.15) is 34.7 Å². The van der Waals surface area contributed by atoms with Gasteiger partial charge in [0.1, 0.15) is 0 Å². The van der Waals surface area contributed by atoms with E-state index < -0.39 is 0 Å². The highest BCUT2D eigenvalue weighted by Crippen LogP contribution is 2.41. The van der Waals surface area contributed by atoms with E-state index in [0.29, 0.717) is 26.6 Å². The second-order valence-corrected chi connectivity index (χ2v) is 9.99. The molecule has 1 aliphatic carbocycles. The predicted molar refractivity (Wildman–Crippen MR) is 145 cm³/mol. The summed E-state index contributed by atoms with van der Waals surface area (Å²) in [5, 5.41) is 0. The summed E-state index contributed by atoms with van der Waals surface area (Å²) in [4.78, 5) is 19.7. The number of fused-ring (bicyclic) bond motifs is 3. The van der Waals surface area contributed by atoms with E-state index in [9.17, 15) is 4.79 Å². The van der Waals surface area contributed by atoms with Crippen molar-refractivity contribution >= 4 is 23.1 Å². The van der Waals surface area contributed by atoms with E-state index in [1.165, 1.54) is 22.5 Å². The Morgan fingerprint density at radius 3 is 2.32 bits per heavy atom. The zero-order valence-corrected chi connectivity index (χ0v) is 21.7. The molecule has 6 nitrogen and oxygen atoms in total. The Hall–Kier alpha value is -4.10. The van der Waals surface area contributed by atoms with Crippen LogP contribution >= 0.6 is 11.3 Å². The maximum absolute atomic E-state index is 13.9. The Kier molecular flexibility index (Phi) is 5.93. The fourth-order valence-corrected chi connectivity index (χ4v) is 6.29. The SMILES string of the molecule is COc1cc(/C=c2/sc3n(c2=O)[C@@H](c2ccccc2)C2=C(N=3)c3ccccc3CC2)cc(OC)c1OC. The molecule has 0 spiro atoms. The molecule has 0 fully saturated rings. The molecule has 186 valence electrons. The number of allylic oxidation sites excluding steroid dienone is 1. The van der Waals surface area contributed by atoms with Crippen LogP contribution in [0.5, 0.6) is 17.2 Å². The van der Waals surface area contributed by atoms with Crippen LogP contribution < -0.4 is 29.1 Å². The average molecular weight is 511 g/mol. The zero-order chi connectivity index (χ0) is 25.5. The van der Waals surface area contributed by atoms with Crippen molar-refractivity contribution in [2.45, 2.75) is 18.9 Å². The quantitative estimate of drug-likeness (QED) is 0.401. The molecule has 0 radical (unpaired) electrons. The van der Waals surface area contributed by atoms with Gasteiger partial charge in [0.2, 0.25) is 5.75 Å². The van der Waals surface area contributed by atoms with Gasteiger partial charge in [-0.2, -0.15) is 0 Å². The molecule has 0 saturated heterocycles. The van der Waals surface area contributed by atoms with Gasteiger partial charge in [0, 0.05) is 5.56 Å². The Labute approximate surface area is 218 Å². The minimum atomic E-state index is -0.192. The van der Waals surface area contributed by atoms with Gasteiger partial charge in [0.25, 0.3) is 5.56 Å². The molecule has 1 aromatic heterocycles. The minimum absolute atomic E-state index is 0.0586. The number of thiazole rings is 1. The van der Waals surface area contributed by atoms with Crippen LogP contribution in [0.25, 0.3) is 11.8 Å². The summed E-state index contributed by atoms with van der Waals surface area (Å²) >= 11 is 1.40. The zero-order valence-electron chi connectivity index (χ0n) is 20.9. The molecular formula is C30H26N2O4S. The number of ether oxygens (including phenoxy) is 3. The standard InChI is InChI=1S/C30H26N2O4S/c1-34-23-15-18(16-24(35-2)28(23)36-3)17-25-29(33)32-27(20-10-5-4-6-11-20)22-14-13-19-9-7-8-12-21(19)26(22)31-30(32)37-25/h4-12,15-17,27H,13-14H2,1-3H3/b25-17+/t27-/m0/s1. The van der Waals surface area contributed by atoms with E-state index in [2.05, 4.69) is 36.4 Å². The molecule has 6 rings (SSSR count). The molecule has 0 saturated carbocycles. The number of aromatic nitrogens is 1. The molecule has 2 heterocycles. The Bertz CT molecular complexity index is 1690. The van der Waals surface area contributed by atoms with Gasteiger partial charge < -0.3 is 14.2 Å². The molecule has 1 aliphatic heterocycles. The smallest absolute Gasteiger partial charge is 0.271 e. The third kappa shape index (κ3) is 3.86. The van der Waals surface area contributed by atoms with Gasteiger partial charge in [-0.15, -0.1) is 0 Å². The lowest BCUT2D eigenvalue weighted by Crippen LogP contribution is -2.38. The molecule has 0 amide bonds. The maximum Gasteiger partial charge on any atom is 0.271 e. The van der Waals surface area contributed by atoms with Gasteiger partial charge >= 0.3 is 0 Å². The molecule has 7 heteroatoms. The highest BCUT2D eigenvalue weighted by molar-refractivity contribution is 7.07. The van der Waals surface area contributed by atoms with Crippen molar-refractivity contribution in [1.29, 1.82) is 0 Å². The van der Waals surface area contributed by atoms with E-state index in [-0.39, 0.29) is 11.6 Å². The van der Waals surface area contributed by atoms with Crippen LogP contribution in [0.3, 0.4) is 0 Å². The van der Waals surface area contributed by atoms with E-state index in [1.54, 1.807) is 21.3 Å². The summed E-state index contributed by atoms with van der Waals surface area (Å²) < 4.78 is 18.9. The fourth-order valence-electron chi connectivity index (χ4n) is 5.29. The van der Waals surface area contributed by atoms with Crippen LogP contribution in [0.4, 0.5) is 0 Å². The van der Waals surface area contributed by atoms with Crippen LogP contribution in [0.15, 0.2) is 82.1 Å². The van der Waals surface area contributed by atoms with Crippen molar-refractivity contribution in [2.24, 2.45) is 4.99 Å². The third-order valence-electron chi connectivity index (χ3n) is 6.97. The second-order valence-electron chi connectivity index (χ2n) is 8.98. The van der Waals surface area contributed by atoms with Gasteiger partial charge in [-0.3, -0.25) is 9.36 Å². The molecular weight excluding hydrogens is 484 g/mol. The third-order valence-corrected chi connectivity index (χ3v) is 7.96. The van der Waals surface area contributed by atoms with Crippen LogP contribution in [0, 0.1) is 0 Å². The Morgan fingerprint density at radius 2 is 1.62 bits per heavy atom. The summed E-state index contributed by atoms with van der Waals surface area (Å²) in [7, 11) is 4.73. The highest BCUT2D eigenvalue weighted by Gasteiger charge is 2.32. The van der Waals surface area contributed by atoms with Crippen molar-refractivity contribution in [2.75, 3.05) is 21.3 Å². The van der Waals surface area contributed by atoms with E-state index in [1.807, 2.05) is 41.0 Å². The van der Waals surface area contributed by atoms with Gasteiger partial charge in [-0.05, 0) is 53.3 Å². The van der Waals surface area contributed by atoms with Gasteiger partial charge in [0.15, 0.2) is 16.3 Å². The van der Waals surface area contributed by atoms with Gasteiger partial charge in [-0.1, -0.05) is 65.9 Å². The number of hydrogen-bond donors (Lipinski definition) is 0. The first kappa shape index (κ1) is 23.3. The molecule has 0 bridgehead atoms. The van der Waals surface area contributed by atoms with E-state index in [4.69, 9.17) is 19.2 Å². The summed E-state index contributed by atoms with van der Waals surface area (Å²) in [6.07, 6.45) is 3.67. The van der Waals surface area contributed by atoms with Crippen molar-refractivity contribution < 1.29 is 14.2 Å². The first-order valence-electron chi connectivity index (χ1n) is 12.1. The number of hydrogen-bond acceptors (Lipinski definition) is 6. The van der Waals surface area contributed by atoms with E-state index >= 15 is 0 Å². The summed E-state index contributed by atoms with van der Waals surface area (Å²) in [6, 6.07) is 22.2. The summed E-state index contributed by atoms with van der Waals surface area (Å²) in [5.74, 6) is 1.59. The predicted octanol–water partition coefficient (Wildman–Crippen LogP) is 4.34. The number of nitrogens with zero attached hydrogens (tertiary/aromatic N) is 2. The van der Waals surface area contributed by atoms with Crippen molar-refractivity contribution in [1.82, 2.24) is 4.57 Å². The minimum Gasteiger partial charge on any atom is -0.493 e. The molecule has 37 heavy (non-hydrogen) atoms. The Balaban J connectivity index is 1.59. The lowest BCUT2D eigenvalue weighted by molar-refractivity contribution is 0.324. The maximum atomic E-state index is 13.9. The van der Waals surface area contributed by atoms with Crippen molar-refractivity contribution in [3.63, 3.8) is 0 Å². The van der Waals surface area contributed by atoms with Crippen LogP contribution in [-0.2, 0) is 6.42 Å². The topological polar surface area (TPSA) is 62.1 Å². The monoisotopic (exact) mass is 510 g/mol. The largest absolute Gasteiger partial charge is 0.493 e. The van der Waals surface area contributed by atoms with Crippen molar-refractivity contribution in [3.8, 4) is 17.2 Å². The van der Waals surface area contributed by atoms with E-state index in [0.717, 1.165) is 35.2 Å². The summed E-state index contributed by atoms with van der Waals surface area (Å²) in [6.45, 7) is 0. The lowest BCUT2D eigenvalue weighted by atomic mass is 9.83. The molecule has 0 N–H and O–H groups in total. The molecule has 0 unspecified atom stereocenters. The van der Waals surface area contributed by atoms with Crippen LogP contribution in [-0.4, -0.2) is 25.9 Å². The fraction of sp³-hybridized carbons (Fsp3) is 0.200. The first-order valence-corrected chi connectivity index (χ1v) is 12.9. The normalized spacial score (nSPS) is 16.4. The summed E-state index contributed by atoms with van der Waals surface area (Å²) in [5.41, 5.74) is 6.46. The molecule has 4 aromatic rings. The second kappa shape index (κ2) is 9.41. The van der Waals surface area contributed by atoms with Crippen molar-refractivity contribution in [3.05, 3.63) is 114 Å². The van der Waals surface area contributed by atoms with Gasteiger partial charge in [0.05, 0.1) is 37.6 Å². The molecule has 2 aliphatic rings. The number of benzene rings is 3. The molecule has 3 aromatic carbocycles. The molecule has 1 atom stereocenters.